The van der Waals surface area contributed by atoms with Gasteiger partial charge in [0.1, 0.15) is 11.3 Å². The summed E-state index contributed by atoms with van der Waals surface area (Å²) in [6, 6.07) is 9.96. The molecule has 0 fully saturated rings. The molecule has 0 atom stereocenters. The van der Waals surface area contributed by atoms with Crippen LogP contribution in [0.15, 0.2) is 36.4 Å². The highest BCUT2D eigenvalue weighted by Crippen LogP contribution is 2.24. The number of hydrogen-bond acceptors (Lipinski definition) is 1. The second-order valence-electron chi connectivity index (χ2n) is 4.17. The molecule has 0 aliphatic rings. The smallest absolute Gasteiger partial charge is 0.186 e. The van der Waals surface area contributed by atoms with Gasteiger partial charge < -0.3 is 4.98 Å². The summed E-state index contributed by atoms with van der Waals surface area (Å²) in [6.07, 6.45) is 0. The monoisotopic (exact) mass is 278 g/mol. The number of nitrogens with zero attached hydrogens (tertiary/aromatic N) is 1. The fourth-order valence-corrected chi connectivity index (χ4v) is 2.08. The molecule has 1 heterocycles. The number of imidazole rings is 1. The van der Waals surface area contributed by atoms with Crippen molar-refractivity contribution in [3.05, 3.63) is 53.6 Å². The van der Waals surface area contributed by atoms with Crippen LogP contribution in [0.2, 0.25) is 0 Å². The Kier molecular flexibility index (Phi) is 2.95. The standard InChI is InChI=1S/C14H9ClF2N2/c15-7-8-1-3-9(4-2-8)14-18-11-6-5-10(16)12(17)13(11)19-14/h1-6H,7H2,(H,18,19). The summed E-state index contributed by atoms with van der Waals surface area (Å²) in [4.78, 5) is 7.06. The van der Waals surface area contributed by atoms with Crippen molar-refractivity contribution in [2.45, 2.75) is 5.88 Å². The highest BCUT2D eigenvalue weighted by atomic mass is 35.5. The summed E-state index contributed by atoms with van der Waals surface area (Å²) in [7, 11) is 0. The zero-order chi connectivity index (χ0) is 13.4. The van der Waals surface area contributed by atoms with Gasteiger partial charge in [-0.3, -0.25) is 0 Å². The van der Waals surface area contributed by atoms with Crippen molar-refractivity contribution >= 4 is 22.6 Å². The first-order valence-corrected chi connectivity index (χ1v) is 6.21. The molecule has 1 N–H and O–H groups in total. The van der Waals surface area contributed by atoms with Crippen LogP contribution in [0.25, 0.3) is 22.4 Å². The van der Waals surface area contributed by atoms with Gasteiger partial charge in [0.15, 0.2) is 11.6 Å². The molecule has 5 heteroatoms. The van der Waals surface area contributed by atoms with E-state index in [4.69, 9.17) is 11.6 Å². The molecule has 96 valence electrons. The van der Waals surface area contributed by atoms with Crippen LogP contribution in [0.1, 0.15) is 5.56 Å². The van der Waals surface area contributed by atoms with Crippen LogP contribution < -0.4 is 0 Å². The maximum atomic E-state index is 13.6. The summed E-state index contributed by atoms with van der Waals surface area (Å²) in [5, 5.41) is 0. The Hall–Kier alpha value is -1.94. The number of aromatic amines is 1. The number of H-pyrrole nitrogens is 1. The molecule has 0 aliphatic carbocycles. The van der Waals surface area contributed by atoms with E-state index < -0.39 is 11.6 Å². The average Bonchev–Trinajstić information content (AvgIpc) is 2.88. The minimum atomic E-state index is -0.933. The molecule has 19 heavy (non-hydrogen) atoms. The van der Waals surface area contributed by atoms with Crippen molar-refractivity contribution < 1.29 is 8.78 Å². The highest BCUT2D eigenvalue weighted by molar-refractivity contribution is 6.17. The van der Waals surface area contributed by atoms with Gasteiger partial charge in [-0.25, -0.2) is 13.8 Å². The van der Waals surface area contributed by atoms with E-state index in [2.05, 4.69) is 9.97 Å². The number of nitrogens with one attached hydrogen (secondary N) is 1. The Labute approximate surface area is 113 Å². The van der Waals surface area contributed by atoms with Crippen LogP contribution in [-0.4, -0.2) is 9.97 Å². The third kappa shape index (κ3) is 2.08. The molecule has 3 aromatic rings. The van der Waals surface area contributed by atoms with Crippen molar-refractivity contribution in [1.29, 1.82) is 0 Å². The predicted octanol–water partition coefficient (Wildman–Crippen LogP) is 4.25. The van der Waals surface area contributed by atoms with Gasteiger partial charge in [0.05, 0.1) is 5.52 Å². The molecule has 2 aromatic carbocycles. The van der Waals surface area contributed by atoms with E-state index in [1.54, 1.807) is 0 Å². The lowest BCUT2D eigenvalue weighted by molar-refractivity contribution is 0.515. The van der Waals surface area contributed by atoms with Gasteiger partial charge in [-0.05, 0) is 17.7 Å². The van der Waals surface area contributed by atoms with E-state index in [1.165, 1.54) is 6.07 Å². The third-order valence-corrected chi connectivity index (χ3v) is 3.24. The lowest BCUT2D eigenvalue weighted by Crippen LogP contribution is -1.84. The Morgan fingerprint density at radius 3 is 2.47 bits per heavy atom. The van der Waals surface area contributed by atoms with Gasteiger partial charge in [-0.1, -0.05) is 24.3 Å². The van der Waals surface area contributed by atoms with E-state index in [0.29, 0.717) is 17.2 Å². The van der Waals surface area contributed by atoms with Crippen LogP contribution in [0.4, 0.5) is 8.78 Å². The quantitative estimate of drug-likeness (QED) is 0.698. The van der Waals surface area contributed by atoms with Gasteiger partial charge in [0.25, 0.3) is 0 Å². The Bertz CT molecular complexity index is 735. The number of halogens is 3. The highest BCUT2D eigenvalue weighted by Gasteiger charge is 2.12. The number of benzene rings is 2. The zero-order valence-corrected chi connectivity index (χ0v) is 10.5. The summed E-state index contributed by atoms with van der Waals surface area (Å²) in [5.41, 5.74) is 2.26. The third-order valence-electron chi connectivity index (χ3n) is 2.93. The fraction of sp³-hybridized carbons (Fsp3) is 0.0714. The lowest BCUT2D eigenvalue weighted by atomic mass is 10.1. The first kappa shape index (κ1) is 12.1. The number of aromatic nitrogens is 2. The Balaban J connectivity index is 2.12. The normalized spacial score (nSPS) is 11.1. The average molecular weight is 279 g/mol. The van der Waals surface area contributed by atoms with E-state index in [-0.39, 0.29) is 5.52 Å². The number of alkyl halides is 1. The molecule has 1 aromatic heterocycles. The summed E-state index contributed by atoms with van der Waals surface area (Å²) in [5.74, 6) is -0.902. The van der Waals surface area contributed by atoms with Gasteiger partial charge in [0, 0.05) is 11.4 Å². The molecular formula is C14H9ClF2N2. The molecule has 0 bridgehead atoms. The van der Waals surface area contributed by atoms with Crippen molar-refractivity contribution in [2.75, 3.05) is 0 Å². The SMILES string of the molecule is Fc1ccc2[nH]c(-c3ccc(CCl)cc3)nc2c1F. The fourth-order valence-electron chi connectivity index (χ4n) is 1.91. The predicted molar refractivity (Wildman–Crippen MR) is 71.0 cm³/mol. The first-order valence-electron chi connectivity index (χ1n) is 5.68. The summed E-state index contributed by atoms with van der Waals surface area (Å²) < 4.78 is 26.7. The molecule has 2 nitrogen and oxygen atoms in total. The lowest BCUT2D eigenvalue weighted by Gasteiger charge is -1.98. The van der Waals surface area contributed by atoms with E-state index in [1.807, 2.05) is 24.3 Å². The minimum Gasteiger partial charge on any atom is -0.338 e. The zero-order valence-electron chi connectivity index (χ0n) is 9.75. The second kappa shape index (κ2) is 4.63. The van der Waals surface area contributed by atoms with Crippen LogP contribution in [0, 0.1) is 11.6 Å². The maximum absolute atomic E-state index is 13.6. The molecule has 0 unspecified atom stereocenters. The van der Waals surface area contributed by atoms with Crippen LogP contribution in [0.3, 0.4) is 0 Å². The van der Waals surface area contributed by atoms with Gasteiger partial charge >= 0.3 is 0 Å². The Morgan fingerprint density at radius 2 is 1.79 bits per heavy atom. The van der Waals surface area contributed by atoms with E-state index >= 15 is 0 Å². The Morgan fingerprint density at radius 1 is 1.05 bits per heavy atom. The first-order chi connectivity index (χ1) is 9.19. The molecule has 0 amide bonds. The van der Waals surface area contributed by atoms with Crippen LogP contribution >= 0.6 is 11.6 Å². The number of hydrogen-bond donors (Lipinski definition) is 1. The van der Waals surface area contributed by atoms with Crippen molar-refractivity contribution in [2.24, 2.45) is 0 Å². The van der Waals surface area contributed by atoms with Gasteiger partial charge in [-0.15, -0.1) is 11.6 Å². The molecule has 3 rings (SSSR count). The topological polar surface area (TPSA) is 28.7 Å². The molecule has 0 saturated carbocycles. The van der Waals surface area contributed by atoms with E-state index in [0.717, 1.165) is 17.2 Å². The summed E-state index contributed by atoms with van der Waals surface area (Å²) in [6.45, 7) is 0. The summed E-state index contributed by atoms with van der Waals surface area (Å²) >= 11 is 5.71. The van der Waals surface area contributed by atoms with Crippen LogP contribution in [0.5, 0.6) is 0 Å². The number of fused-ring (bicyclic) bond motifs is 1. The molecule has 0 radical (unpaired) electrons. The second-order valence-corrected chi connectivity index (χ2v) is 4.44. The van der Waals surface area contributed by atoms with Gasteiger partial charge in [-0.2, -0.15) is 0 Å². The van der Waals surface area contributed by atoms with Crippen molar-refractivity contribution in [3.63, 3.8) is 0 Å². The molecule has 0 aliphatic heterocycles. The maximum Gasteiger partial charge on any atom is 0.186 e. The minimum absolute atomic E-state index is 0.0106. The largest absolute Gasteiger partial charge is 0.338 e. The molecular weight excluding hydrogens is 270 g/mol. The number of rotatable bonds is 2. The van der Waals surface area contributed by atoms with Gasteiger partial charge in [0.2, 0.25) is 0 Å². The van der Waals surface area contributed by atoms with Crippen LogP contribution in [-0.2, 0) is 5.88 Å². The van der Waals surface area contributed by atoms with Crippen molar-refractivity contribution in [1.82, 2.24) is 9.97 Å². The van der Waals surface area contributed by atoms with Crippen molar-refractivity contribution in [3.8, 4) is 11.4 Å². The molecule has 0 saturated heterocycles. The molecule has 0 spiro atoms. The van der Waals surface area contributed by atoms with E-state index in [9.17, 15) is 8.78 Å².